The molecule has 16 heavy (non-hydrogen) atoms. The molecule has 1 fully saturated rings. The maximum absolute atomic E-state index is 13.0. The van der Waals surface area contributed by atoms with Gasteiger partial charge in [0.2, 0.25) is 0 Å². The van der Waals surface area contributed by atoms with E-state index < -0.39 is 6.17 Å². The molecule has 1 aromatic carbocycles. The molecule has 2 aromatic rings. The van der Waals surface area contributed by atoms with E-state index in [9.17, 15) is 4.39 Å². The van der Waals surface area contributed by atoms with Gasteiger partial charge in [0.05, 0.1) is 10.2 Å². The number of aromatic nitrogens is 1. The van der Waals surface area contributed by atoms with Gasteiger partial charge in [0, 0.05) is 13.1 Å². The SMILES string of the molecule is FC1CCN(c2nc3ccccc3s2)CC1. The van der Waals surface area contributed by atoms with Crippen molar-refractivity contribution >= 4 is 26.7 Å². The Morgan fingerprint density at radius 2 is 2.00 bits per heavy atom. The lowest BCUT2D eigenvalue weighted by molar-refractivity contribution is 0.277. The van der Waals surface area contributed by atoms with Gasteiger partial charge >= 0.3 is 0 Å². The van der Waals surface area contributed by atoms with Gasteiger partial charge in [-0.1, -0.05) is 23.5 Å². The molecule has 1 saturated heterocycles. The molecule has 0 amide bonds. The lowest BCUT2D eigenvalue weighted by Gasteiger charge is -2.27. The molecule has 1 aromatic heterocycles. The molecule has 0 unspecified atom stereocenters. The molecule has 0 saturated carbocycles. The highest BCUT2D eigenvalue weighted by atomic mass is 32.1. The van der Waals surface area contributed by atoms with Crippen molar-refractivity contribution in [3.63, 3.8) is 0 Å². The van der Waals surface area contributed by atoms with E-state index in [0.717, 1.165) is 23.7 Å². The van der Waals surface area contributed by atoms with Gasteiger partial charge in [-0.2, -0.15) is 0 Å². The summed E-state index contributed by atoms with van der Waals surface area (Å²) in [6.45, 7) is 1.59. The summed E-state index contributed by atoms with van der Waals surface area (Å²) in [4.78, 5) is 6.78. The predicted molar refractivity (Wildman–Crippen MR) is 66.0 cm³/mol. The van der Waals surface area contributed by atoms with Crippen LogP contribution in [0.25, 0.3) is 10.2 Å². The minimum atomic E-state index is -0.620. The van der Waals surface area contributed by atoms with Crippen LogP contribution in [0.1, 0.15) is 12.8 Å². The number of thiazole rings is 1. The Bertz CT molecular complexity index is 455. The van der Waals surface area contributed by atoms with Gasteiger partial charge < -0.3 is 4.90 Å². The van der Waals surface area contributed by atoms with Crippen LogP contribution in [-0.2, 0) is 0 Å². The van der Waals surface area contributed by atoms with Crippen LogP contribution < -0.4 is 4.90 Å². The number of para-hydroxylation sites is 1. The molecule has 4 heteroatoms. The van der Waals surface area contributed by atoms with Gasteiger partial charge in [-0.3, -0.25) is 0 Å². The van der Waals surface area contributed by atoms with Gasteiger partial charge in [-0.05, 0) is 25.0 Å². The number of rotatable bonds is 1. The lowest BCUT2D eigenvalue weighted by Crippen LogP contribution is -2.34. The predicted octanol–water partition coefficient (Wildman–Crippen LogP) is 3.23. The number of hydrogen-bond donors (Lipinski definition) is 0. The normalized spacial score (nSPS) is 18.2. The van der Waals surface area contributed by atoms with E-state index in [0.29, 0.717) is 12.8 Å². The fraction of sp³-hybridized carbons (Fsp3) is 0.417. The van der Waals surface area contributed by atoms with Crippen molar-refractivity contribution in [3.8, 4) is 0 Å². The van der Waals surface area contributed by atoms with Crippen LogP contribution in [0.2, 0.25) is 0 Å². The smallest absolute Gasteiger partial charge is 0.186 e. The fourth-order valence-electron chi connectivity index (χ4n) is 2.03. The highest BCUT2D eigenvalue weighted by Crippen LogP contribution is 2.30. The number of alkyl halides is 1. The quantitative estimate of drug-likeness (QED) is 0.755. The Morgan fingerprint density at radius 3 is 2.75 bits per heavy atom. The van der Waals surface area contributed by atoms with Crippen LogP contribution in [0.15, 0.2) is 24.3 Å². The fourth-order valence-corrected chi connectivity index (χ4v) is 3.05. The first-order chi connectivity index (χ1) is 7.83. The van der Waals surface area contributed by atoms with Crippen molar-refractivity contribution in [2.75, 3.05) is 18.0 Å². The average molecular weight is 236 g/mol. The van der Waals surface area contributed by atoms with E-state index in [1.807, 2.05) is 18.2 Å². The highest BCUT2D eigenvalue weighted by Gasteiger charge is 2.20. The van der Waals surface area contributed by atoms with Crippen LogP contribution >= 0.6 is 11.3 Å². The molecule has 84 valence electrons. The van der Waals surface area contributed by atoms with E-state index >= 15 is 0 Å². The van der Waals surface area contributed by atoms with E-state index in [2.05, 4.69) is 16.0 Å². The number of anilines is 1. The first-order valence-corrected chi connectivity index (χ1v) is 6.39. The summed E-state index contributed by atoms with van der Waals surface area (Å²) in [5, 5.41) is 1.04. The van der Waals surface area contributed by atoms with E-state index in [4.69, 9.17) is 0 Å². The van der Waals surface area contributed by atoms with E-state index in [1.165, 1.54) is 4.70 Å². The Morgan fingerprint density at radius 1 is 1.25 bits per heavy atom. The first kappa shape index (κ1) is 10.0. The Hall–Kier alpha value is -1.16. The Labute approximate surface area is 97.7 Å². The minimum Gasteiger partial charge on any atom is -0.348 e. The minimum absolute atomic E-state index is 0.620. The van der Waals surface area contributed by atoms with Gasteiger partial charge in [0.15, 0.2) is 5.13 Å². The molecular formula is C12H13FN2S. The Kier molecular flexibility index (Phi) is 2.52. The number of fused-ring (bicyclic) bond motifs is 1. The summed E-state index contributed by atoms with van der Waals surface area (Å²) in [6.07, 6.45) is 0.650. The van der Waals surface area contributed by atoms with E-state index in [-0.39, 0.29) is 0 Å². The zero-order chi connectivity index (χ0) is 11.0. The van der Waals surface area contributed by atoms with Gasteiger partial charge in [0.25, 0.3) is 0 Å². The van der Waals surface area contributed by atoms with Crippen LogP contribution in [0.4, 0.5) is 9.52 Å². The van der Waals surface area contributed by atoms with Crippen molar-refractivity contribution in [1.29, 1.82) is 0 Å². The van der Waals surface area contributed by atoms with Crippen LogP contribution in [0.5, 0.6) is 0 Å². The zero-order valence-corrected chi connectivity index (χ0v) is 9.71. The summed E-state index contributed by atoms with van der Waals surface area (Å²) in [7, 11) is 0. The van der Waals surface area contributed by atoms with Crippen molar-refractivity contribution in [2.24, 2.45) is 0 Å². The molecule has 1 aliphatic heterocycles. The second-order valence-corrected chi connectivity index (χ2v) is 5.13. The first-order valence-electron chi connectivity index (χ1n) is 5.57. The lowest BCUT2D eigenvalue weighted by atomic mass is 10.1. The molecule has 0 radical (unpaired) electrons. The van der Waals surface area contributed by atoms with Crippen molar-refractivity contribution in [3.05, 3.63) is 24.3 Å². The number of halogens is 1. The maximum Gasteiger partial charge on any atom is 0.186 e. The number of nitrogens with zero attached hydrogens (tertiary/aromatic N) is 2. The third kappa shape index (κ3) is 1.78. The second-order valence-electron chi connectivity index (χ2n) is 4.13. The van der Waals surface area contributed by atoms with Crippen molar-refractivity contribution in [1.82, 2.24) is 4.98 Å². The average Bonchev–Trinajstić information content (AvgIpc) is 2.73. The molecule has 2 heterocycles. The molecular weight excluding hydrogens is 223 g/mol. The number of benzene rings is 1. The monoisotopic (exact) mass is 236 g/mol. The van der Waals surface area contributed by atoms with Crippen molar-refractivity contribution in [2.45, 2.75) is 19.0 Å². The number of hydrogen-bond acceptors (Lipinski definition) is 3. The molecule has 1 aliphatic rings. The van der Waals surface area contributed by atoms with Crippen LogP contribution in [0, 0.1) is 0 Å². The molecule has 2 nitrogen and oxygen atoms in total. The highest BCUT2D eigenvalue weighted by molar-refractivity contribution is 7.22. The summed E-state index contributed by atoms with van der Waals surface area (Å²) in [5.74, 6) is 0. The second kappa shape index (κ2) is 4.01. The summed E-state index contributed by atoms with van der Waals surface area (Å²) >= 11 is 1.70. The van der Waals surface area contributed by atoms with E-state index in [1.54, 1.807) is 11.3 Å². The maximum atomic E-state index is 13.0. The topological polar surface area (TPSA) is 16.1 Å². The van der Waals surface area contributed by atoms with Gasteiger partial charge in [0.1, 0.15) is 6.17 Å². The van der Waals surface area contributed by atoms with Gasteiger partial charge in [-0.25, -0.2) is 9.37 Å². The van der Waals surface area contributed by atoms with Crippen LogP contribution in [0.3, 0.4) is 0 Å². The summed E-state index contributed by atoms with van der Waals surface area (Å²) in [6, 6.07) is 8.13. The molecule has 0 spiro atoms. The van der Waals surface area contributed by atoms with Crippen LogP contribution in [-0.4, -0.2) is 24.2 Å². The molecule has 0 aliphatic carbocycles. The zero-order valence-electron chi connectivity index (χ0n) is 8.90. The number of piperidine rings is 1. The standard InChI is InChI=1S/C12H13FN2S/c13-9-5-7-15(8-6-9)12-14-10-3-1-2-4-11(10)16-12/h1-4,9H,5-8H2. The summed E-state index contributed by atoms with van der Waals surface area (Å²) in [5.41, 5.74) is 1.05. The third-order valence-electron chi connectivity index (χ3n) is 2.98. The Balaban J connectivity index is 1.88. The third-order valence-corrected chi connectivity index (χ3v) is 4.07. The molecule has 3 rings (SSSR count). The van der Waals surface area contributed by atoms with Crippen molar-refractivity contribution < 1.29 is 4.39 Å². The largest absolute Gasteiger partial charge is 0.348 e. The van der Waals surface area contributed by atoms with Gasteiger partial charge in [-0.15, -0.1) is 0 Å². The summed E-state index contributed by atoms with van der Waals surface area (Å²) < 4.78 is 14.2. The molecule has 0 N–H and O–H groups in total. The molecule has 0 atom stereocenters. The molecule has 0 bridgehead atoms.